The minimum Gasteiger partial charge on any atom is -0.478 e. The number of carboxylic acids is 1. The van der Waals surface area contributed by atoms with E-state index >= 15 is 0 Å². The maximum atomic E-state index is 11.2. The molecule has 0 aliphatic carbocycles. The molecule has 1 saturated heterocycles. The highest BCUT2D eigenvalue weighted by molar-refractivity contribution is 5.85. The number of hydrogen-bond acceptors (Lipinski definition) is 3. The Morgan fingerprint density at radius 1 is 1.17 bits per heavy atom. The number of benzene rings is 1. The predicted molar refractivity (Wildman–Crippen MR) is 69.6 cm³/mol. The Balaban J connectivity index is 2.03. The first kappa shape index (κ1) is 12.4. The molecule has 2 rings (SSSR count). The van der Waals surface area contributed by atoms with Crippen LogP contribution in [0.3, 0.4) is 0 Å². The van der Waals surface area contributed by atoms with Crippen molar-refractivity contribution in [3.63, 3.8) is 0 Å². The van der Waals surface area contributed by atoms with Gasteiger partial charge in [0.15, 0.2) is 0 Å². The Morgan fingerprint density at radius 2 is 1.78 bits per heavy atom. The summed E-state index contributed by atoms with van der Waals surface area (Å²) in [5.74, 6) is -0.624. The van der Waals surface area contributed by atoms with Crippen LogP contribution in [0.1, 0.15) is 18.4 Å². The van der Waals surface area contributed by atoms with E-state index in [2.05, 4.69) is 4.90 Å². The lowest BCUT2D eigenvalue weighted by molar-refractivity contribution is -0.131. The Hall–Kier alpha value is -2.10. The highest BCUT2D eigenvalue weighted by Crippen LogP contribution is 2.19. The molecule has 1 aliphatic rings. The molecule has 0 saturated carbocycles. The van der Waals surface area contributed by atoms with Crippen molar-refractivity contribution in [1.82, 2.24) is 0 Å². The number of piperidine rings is 1. The number of carboxylic acid groups (broad SMARTS) is 1. The molecular formula is C14H15NO3. The number of Topliss-reactive ketones (excluding diaryl/α,β-unsaturated/α-hetero) is 1. The largest absolute Gasteiger partial charge is 0.478 e. The summed E-state index contributed by atoms with van der Waals surface area (Å²) >= 11 is 0. The SMILES string of the molecule is O=C(O)/C=C/c1ccc(N2CCC(=O)CC2)cc1. The van der Waals surface area contributed by atoms with E-state index in [0.29, 0.717) is 18.6 Å². The first-order valence-corrected chi connectivity index (χ1v) is 5.93. The van der Waals surface area contributed by atoms with E-state index in [0.717, 1.165) is 30.4 Å². The molecule has 4 heteroatoms. The van der Waals surface area contributed by atoms with E-state index in [-0.39, 0.29) is 0 Å². The summed E-state index contributed by atoms with van der Waals surface area (Å²) in [6, 6.07) is 7.67. The van der Waals surface area contributed by atoms with Gasteiger partial charge in [0.05, 0.1) is 0 Å². The molecule has 4 nitrogen and oxygen atoms in total. The number of nitrogens with zero attached hydrogens (tertiary/aromatic N) is 1. The van der Waals surface area contributed by atoms with Crippen LogP contribution in [0.5, 0.6) is 0 Å². The third kappa shape index (κ3) is 3.20. The number of hydrogen-bond donors (Lipinski definition) is 1. The lowest BCUT2D eigenvalue weighted by atomic mass is 10.1. The zero-order valence-electron chi connectivity index (χ0n) is 10.0. The van der Waals surface area contributed by atoms with Gasteiger partial charge in [0.25, 0.3) is 0 Å². The number of aliphatic carboxylic acids is 1. The summed E-state index contributed by atoms with van der Waals surface area (Å²) < 4.78 is 0. The lowest BCUT2D eigenvalue weighted by Crippen LogP contribution is -2.33. The van der Waals surface area contributed by atoms with Crippen molar-refractivity contribution in [2.24, 2.45) is 0 Å². The molecule has 1 aliphatic heterocycles. The number of ketones is 1. The maximum absolute atomic E-state index is 11.2. The molecule has 1 fully saturated rings. The number of rotatable bonds is 3. The summed E-state index contributed by atoms with van der Waals surface area (Å²) in [5.41, 5.74) is 1.93. The van der Waals surface area contributed by atoms with Crippen LogP contribution in [0.25, 0.3) is 6.08 Å². The van der Waals surface area contributed by atoms with E-state index in [4.69, 9.17) is 5.11 Å². The van der Waals surface area contributed by atoms with Gasteiger partial charge in [-0.2, -0.15) is 0 Å². The summed E-state index contributed by atoms with van der Waals surface area (Å²) in [6.07, 6.45) is 3.90. The molecule has 0 atom stereocenters. The van der Waals surface area contributed by atoms with Gasteiger partial charge >= 0.3 is 5.97 Å². The topological polar surface area (TPSA) is 57.6 Å². The Morgan fingerprint density at radius 3 is 2.33 bits per heavy atom. The predicted octanol–water partition coefficient (Wildman–Crippen LogP) is 1.95. The fraction of sp³-hybridized carbons (Fsp3) is 0.286. The molecule has 0 spiro atoms. The van der Waals surface area contributed by atoms with Crippen LogP contribution in [0, 0.1) is 0 Å². The highest BCUT2D eigenvalue weighted by Gasteiger charge is 2.15. The normalized spacial score (nSPS) is 16.2. The van der Waals surface area contributed by atoms with Gasteiger partial charge in [-0.15, -0.1) is 0 Å². The molecule has 0 unspecified atom stereocenters. The molecular weight excluding hydrogens is 230 g/mol. The van der Waals surface area contributed by atoms with Crippen LogP contribution in [0.15, 0.2) is 30.3 Å². The summed E-state index contributed by atoms with van der Waals surface area (Å²) in [6.45, 7) is 1.53. The maximum Gasteiger partial charge on any atom is 0.328 e. The standard InChI is InChI=1S/C14H15NO3/c16-13-7-9-15(10-8-13)12-4-1-11(2-5-12)3-6-14(17)18/h1-6H,7-10H2,(H,17,18)/b6-3+. The second-order valence-corrected chi connectivity index (χ2v) is 4.29. The van der Waals surface area contributed by atoms with E-state index in [9.17, 15) is 9.59 Å². The molecule has 1 aromatic rings. The van der Waals surface area contributed by atoms with Gasteiger partial charge in [0.1, 0.15) is 5.78 Å². The average molecular weight is 245 g/mol. The number of carbonyl (C=O) groups is 2. The van der Waals surface area contributed by atoms with Gasteiger partial charge in [-0.3, -0.25) is 4.79 Å². The van der Waals surface area contributed by atoms with E-state index in [1.807, 2.05) is 24.3 Å². The fourth-order valence-corrected chi connectivity index (χ4v) is 1.98. The molecule has 1 aromatic carbocycles. The van der Waals surface area contributed by atoms with Crippen LogP contribution in [-0.4, -0.2) is 29.9 Å². The van der Waals surface area contributed by atoms with Gasteiger partial charge in [0.2, 0.25) is 0 Å². The Labute approximate surface area is 106 Å². The van der Waals surface area contributed by atoms with Crippen molar-refractivity contribution >= 4 is 23.5 Å². The van der Waals surface area contributed by atoms with E-state index < -0.39 is 5.97 Å². The number of anilines is 1. The molecule has 94 valence electrons. The first-order chi connectivity index (χ1) is 8.65. The second-order valence-electron chi connectivity index (χ2n) is 4.29. The van der Waals surface area contributed by atoms with Crippen molar-refractivity contribution in [3.8, 4) is 0 Å². The minimum atomic E-state index is -0.950. The average Bonchev–Trinajstić information content (AvgIpc) is 2.38. The number of carbonyl (C=O) groups excluding carboxylic acids is 1. The van der Waals surface area contributed by atoms with Gasteiger partial charge in [0, 0.05) is 37.7 Å². The van der Waals surface area contributed by atoms with Crippen molar-refractivity contribution in [3.05, 3.63) is 35.9 Å². The highest BCUT2D eigenvalue weighted by atomic mass is 16.4. The lowest BCUT2D eigenvalue weighted by Gasteiger charge is -2.28. The van der Waals surface area contributed by atoms with E-state index in [1.165, 1.54) is 0 Å². The third-order valence-electron chi connectivity index (χ3n) is 3.00. The minimum absolute atomic E-state index is 0.326. The van der Waals surface area contributed by atoms with E-state index in [1.54, 1.807) is 6.08 Å². The third-order valence-corrected chi connectivity index (χ3v) is 3.00. The molecule has 0 aromatic heterocycles. The molecule has 1 heterocycles. The Bertz CT molecular complexity index is 466. The van der Waals surface area contributed by atoms with Crippen molar-refractivity contribution < 1.29 is 14.7 Å². The zero-order valence-corrected chi connectivity index (χ0v) is 10.0. The van der Waals surface area contributed by atoms with Gasteiger partial charge in [-0.05, 0) is 23.8 Å². The van der Waals surface area contributed by atoms with Gasteiger partial charge < -0.3 is 10.0 Å². The zero-order chi connectivity index (χ0) is 13.0. The van der Waals surface area contributed by atoms with Gasteiger partial charge in [-0.1, -0.05) is 12.1 Å². The summed E-state index contributed by atoms with van der Waals surface area (Å²) in [4.78, 5) is 23.7. The smallest absolute Gasteiger partial charge is 0.328 e. The van der Waals surface area contributed by atoms with Crippen molar-refractivity contribution in [2.45, 2.75) is 12.8 Å². The molecule has 0 radical (unpaired) electrons. The van der Waals surface area contributed by atoms with Crippen LogP contribution in [0.2, 0.25) is 0 Å². The van der Waals surface area contributed by atoms with Crippen LogP contribution in [-0.2, 0) is 9.59 Å². The quantitative estimate of drug-likeness (QED) is 0.827. The van der Waals surface area contributed by atoms with Crippen LogP contribution in [0.4, 0.5) is 5.69 Å². The molecule has 1 N–H and O–H groups in total. The van der Waals surface area contributed by atoms with Crippen LogP contribution < -0.4 is 4.90 Å². The van der Waals surface area contributed by atoms with Crippen molar-refractivity contribution in [2.75, 3.05) is 18.0 Å². The first-order valence-electron chi connectivity index (χ1n) is 5.93. The summed E-state index contributed by atoms with van der Waals surface area (Å²) in [5, 5.41) is 8.53. The second kappa shape index (κ2) is 5.49. The molecule has 18 heavy (non-hydrogen) atoms. The van der Waals surface area contributed by atoms with Gasteiger partial charge in [-0.25, -0.2) is 4.79 Å². The monoisotopic (exact) mass is 245 g/mol. The fourth-order valence-electron chi connectivity index (χ4n) is 1.98. The Kier molecular flexibility index (Phi) is 3.77. The molecule has 0 bridgehead atoms. The summed E-state index contributed by atoms with van der Waals surface area (Å²) in [7, 11) is 0. The van der Waals surface area contributed by atoms with Crippen LogP contribution >= 0.6 is 0 Å². The molecule has 0 amide bonds. The van der Waals surface area contributed by atoms with Crippen molar-refractivity contribution in [1.29, 1.82) is 0 Å².